The quantitative estimate of drug-likeness (QED) is 0.739. The zero-order valence-electron chi connectivity index (χ0n) is 10.2. The van der Waals surface area contributed by atoms with Crippen LogP contribution in [0.3, 0.4) is 0 Å². The molecule has 0 radical (unpaired) electrons. The number of hydrogen-bond donors (Lipinski definition) is 1. The Kier molecular flexibility index (Phi) is 3.46. The predicted molar refractivity (Wildman–Crippen MR) is 81.6 cm³/mol. The minimum atomic E-state index is 0.411. The molecule has 92 valence electrons. The van der Waals surface area contributed by atoms with Gasteiger partial charge in [-0.3, -0.25) is 0 Å². The third-order valence-corrected chi connectivity index (χ3v) is 4.99. The van der Waals surface area contributed by atoms with Crippen LogP contribution in [-0.4, -0.2) is 7.05 Å². The van der Waals surface area contributed by atoms with Gasteiger partial charge in [0.25, 0.3) is 0 Å². The van der Waals surface area contributed by atoms with Gasteiger partial charge in [0, 0.05) is 10.7 Å². The van der Waals surface area contributed by atoms with E-state index in [1.165, 1.54) is 21.2 Å². The largest absolute Gasteiger partial charge is 0.313 e. The lowest BCUT2D eigenvalue weighted by Gasteiger charge is -2.14. The van der Waals surface area contributed by atoms with Crippen molar-refractivity contribution >= 4 is 32.8 Å². The molecular formula is C15H15NS2. The van der Waals surface area contributed by atoms with Crippen molar-refractivity contribution in [2.45, 2.75) is 12.5 Å². The zero-order valence-corrected chi connectivity index (χ0v) is 11.9. The first-order valence-electron chi connectivity index (χ1n) is 6.03. The number of hydrogen-bond acceptors (Lipinski definition) is 3. The van der Waals surface area contributed by atoms with Gasteiger partial charge in [-0.2, -0.15) is 11.3 Å². The molecule has 1 N–H and O–H groups in total. The summed E-state index contributed by atoms with van der Waals surface area (Å²) < 4.78 is 1.38. The molecule has 2 aromatic heterocycles. The maximum absolute atomic E-state index is 3.42. The molecule has 0 amide bonds. The zero-order chi connectivity index (χ0) is 12.4. The van der Waals surface area contributed by atoms with Gasteiger partial charge in [-0.05, 0) is 58.3 Å². The first-order valence-corrected chi connectivity index (χ1v) is 7.85. The standard InChI is InChI=1S/C15H15NS2/c1-16-14(11-6-7-17-9-11)8-12-10-18-15-5-3-2-4-13(12)15/h2-7,9-10,14,16H,8H2,1H3. The van der Waals surface area contributed by atoms with E-state index < -0.39 is 0 Å². The summed E-state index contributed by atoms with van der Waals surface area (Å²) in [6.45, 7) is 0. The Labute approximate surface area is 115 Å². The van der Waals surface area contributed by atoms with Gasteiger partial charge in [0.15, 0.2) is 0 Å². The molecule has 0 saturated heterocycles. The molecule has 3 rings (SSSR count). The Balaban J connectivity index is 1.91. The summed E-state index contributed by atoms with van der Waals surface area (Å²) >= 11 is 3.60. The molecule has 1 aromatic carbocycles. The number of thiophene rings is 2. The second-order valence-corrected chi connectivity index (χ2v) is 6.05. The summed E-state index contributed by atoms with van der Waals surface area (Å²) in [7, 11) is 2.04. The number of benzene rings is 1. The van der Waals surface area contributed by atoms with Crippen molar-refractivity contribution in [3.8, 4) is 0 Å². The highest BCUT2D eigenvalue weighted by atomic mass is 32.1. The van der Waals surface area contributed by atoms with E-state index in [-0.39, 0.29) is 0 Å². The molecule has 0 aliphatic heterocycles. The van der Waals surface area contributed by atoms with Crippen molar-refractivity contribution in [3.05, 3.63) is 57.6 Å². The molecule has 18 heavy (non-hydrogen) atoms. The fourth-order valence-electron chi connectivity index (χ4n) is 2.27. The molecule has 0 aliphatic rings. The minimum absolute atomic E-state index is 0.411. The summed E-state index contributed by atoms with van der Waals surface area (Å²) in [6, 6.07) is 11.3. The second kappa shape index (κ2) is 5.22. The molecule has 3 aromatic rings. The Hall–Kier alpha value is -1.16. The predicted octanol–water partition coefficient (Wildman–Crippen LogP) is 4.47. The maximum atomic E-state index is 3.42. The van der Waals surface area contributed by atoms with Crippen LogP contribution in [0.15, 0.2) is 46.5 Å². The molecule has 3 heteroatoms. The van der Waals surface area contributed by atoms with Crippen LogP contribution < -0.4 is 5.32 Å². The van der Waals surface area contributed by atoms with Gasteiger partial charge in [-0.15, -0.1) is 11.3 Å². The van der Waals surface area contributed by atoms with E-state index in [2.05, 4.69) is 51.8 Å². The Morgan fingerprint density at radius 2 is 2.06 bits per heavy atom. The first kappa shape index (κ1) is 11.9. The monoisotopic (exact) mass is 273 g/mol. The van der Waals surface area contributed by atoms with Crippen LogP contribution in [0.5, 0.6) is 0 Å². The SMILES string of the molecule is CNC(Cc1csc2ccccc12)c1ccsc1. The van der Waals surface area contributed by atoms with Crippen molar-refractivity contribution in [1.29, 1.82) is 0 Å². The molecule has 1 unspecified atom stereocenters. The molecule has 0 fully saturated rings. The molecule has 0 aliphatic carbocycles. The maximum Gasteiger partial charge on any atom is 0.0367 e. The molecule has 0 saturated carbocycles. The van der Waals surface area contributed by atoms with Gasteiger partial charge >= 0.3 is 0 Å². The summed E-state index contributed by atoms with van der Waals surface area (Å²) in [4.78, 5) is 0. The van der Waals surface area contributed by atoms with E-state index in [9.17, 15) is 0 Å². The minimum Gasteiger partial charge on any atom is -0.313 e. The first-order chi connectivity index (χ1) is 8.88. The Morgan fingerprint density at radius 3 is 2.83 bits per heavy atom. The van der Waals surface area contributed by atoms with Crippen LogP contribution in [-0.2, 0) is 6.42 Å². The van der Waals surface area contributed by atoms with Crippen LogP contribution in [0, 0.1) is 0 Å². The van der Waals surface area contributed by atoms with Gasteiger partial charge in [-0.1, -0.05) is 18.2 Å². The molecule has 1 nitrogen and oxygen atoms in total. The third-order valence-electron chi connectivity index (χ3n) is 3.28. The number of fused-ring (bicyclic) bond motifs is 1. The van der Waals surface area contributed by atoms with Crippen LogP contribution in [0.4, 0.5) is 0 Å². The van der Waals surface area contributed by atoms with Crippen molar-refractivity contribution in [2.75, 3.05) is 7.05 Å². The normalized spacial score (nSPS) is 12.9. The summed E-state index contributed by atoms with van der Waals surface area (Å²) in [6.07, 6.45) is 1.05. The average Bonchev–Trinajstić information content (AvgIpc) is 3.06. The number of likely N-dealkylation sites (N-methyl/N-ethyl adjacent to an activating group) is 1. The van der Waals surface area contributed by atoms with E-state index >= 15 is 0 Å². The van der Waals surface area contributed by atoms with Crippen molar-refractivity contribution < 1.29 is 0 Å². The molecule has 1 atom stereocenters. The molecule has 0 bridgehead atoms. The lowest BCUT2D eigenvalue weighted by Crippen LogP contribution is -2.17. The third kappa shape index (κ3) is 2.21. The van der Waals surface area contributed by atoms with E-state index in [4.69, 9.17) is 0 Å². The van der Waals surface area contributed by atoms with E-state index in [1.807, 2.05) is 18.4 Å². The van der Waals surface area contributed by atoms with E-state index in [1.54, 1.807) is 11.3 Å². The van der Waals surface area contributed by atoms with Gasteiger partial charge in [0.2, 0.25) is 0 Å². The lowest BCUT2D eigenvalue weighted by atomic mass is 10.0. The number of nitrogens with one attached hydrogen (secondary N) is 1. The average molecular weight is 273 g/mol. The van der Waals surface area contributed by atoms with Crippen molar-refractivity contribution in [3.63, 3.8) is 0 Å². The highest BCUT2D eigenvalue weighted by Crippen LogP contribution is 2.29. The van der Waals surface area contributed by atoms with Crippen molar-refractivity contribution in [1.82, 2.24) is 5.32 Å². The summed E-state index contributed by atoms with van der Waals surface area (Å²) in [5.74, 6) is 0. The molecular weight excluding hydrogens is 258 g/mol. The lowest BCUT2D eigenvalue weighted by molar-refractivity contribution is 0.596. The van der Waals surface area contributed by atoms with Crippen molar-refractivity contribution in [2.24, 2.45) is 0 Å². The second-order valence-electron chi connectivity index (χ2n) is 4.36. The van der Waals surface area contributed by atoms with E-state index in [0.717, 1.165) is 6.42 Å². The fraction of sp³-hybridized carbons (Fsp3) is 0.200. The summed E-state index contributed by atoms with van der Waals surface area (Å²) in [5.41, 5.74) is 2.83. The van der Waals surface area contributed by atoms with Crippen LogP contribution in [0.2, 0.25) is 0 Å². The van der Waals surface area contributed by atoms with Gasteiger partial charge in [0.05, 0.1) is 0 Å². The number of rotatable bonds is 4. The highest BCUT2D eigenvalue weighted by molar-refractivity contribution is 7.17. The van der Waals surface area contributed by atoms with Gasteiger partial charge in [-0.25, -0.2) is 0 Å². The Bertz CT molecular complexity index is 625. The molecule has 2 heterocycles. The van der Waals surface area contributed by atoms with Crippen LogP contribution in [0.25, 0.3) is 10.1 Å². The Morgan fingerprint density at radius 1 is 1.17 bits per heavy atom. The van der Waals surface area contributed by atoms with Crippen LogP contribution >= 0.6 is 22.7 Å². The van der Waals surface area contributed by atoms with E-state index in [0.29, 0.717) is 6.04 Å². The summed E-state index contributed by atoms with van der Waals surface area (Å²) in [5, 5.41) is 11.5. The van der Waals surface area contributed by atoms with Gasteiger partial charge in [0.1, 0.15) is 0 Å². The topological polar surface area (TPSA) is 12.0 Å². The molecule has 0 spiro atoms. The highest BCUT2D eigenvalue weighted by Gasteiger charge is 2.13. The van der Waals surface area contributed by atoms with Crippen LogP contribution in [0.1, 0.15) is 17.2 Å². The van der Waals surface area contributed by atoms with Gasteiger partial charge < -0.3 is 5.32 Å². The smallest absolute Gasteiger partial charge is 0.0367 e. The fourth-order valence-corrected chi connectivity index (χ4v) is 3.96.